The first-order chi connectivity index (χ1) is 16.2. The molecule has 0 aromatic carbocycles. The Morgan fingerprint density at radius 2 is 0.921 bits per heavy atom. The molecule has 0 aromatic rings. The fraction of sp³-hybridized carbons (Fsp3) is 0.765. The molecule has 0 rings (SSSR count). The normalized spacial score (nSPS) is 16.5. The van der Waals surface area contributed by atoms with Gasteiger partial charge in [0.25, 0.3) is 0 Å². The Morgan fingerprint density at radius 1 is 0.605 bits per heavy atom. The lowest BCUT2D eigenvalue weighted by molar-refractivity contribution is -0.464. The number of carbonyl (C=O) groups is 2. The molecule has 0 saturated carbocycles. The molecule has 1 atom stereocenters. The SMILES string of the molecule is CC(C(C)(C)OC(=O)C=CC(=O)O)C(F)(F)C(F)(F)C(F)(F)C(F)(F)C(F)(F)C(F)(F)C(F)(F)C(F)(F)F. The molecule has 21 heteroatoms. The monoisotopic (exact) mass is 604 g/mol. The summed E-state index contributed by atoms with van der Waals surface area (Å²) < 4.78 is 232. The highest BCUT2D eigenvalue weighted by molar-refractivity contribution is 5.90. The average Bonchev–Trinajstić information content (AvgIpc) is 2.69. The van der Waals surface area contributed by atoms with E-state index >= 15 is 0 Å². The van der Waals surface area contributed by atoms with Crippen LogP contribution in [0.25, 0.3) is 0 Å². The average molecular weight is 604 g/mol. The summed E-state index contributed by atoms with van der Waals surface area (Å²) in [6.45, 7) is 0.120. The molecule has 0 aliphatic rings. The van der Waals surface area contributed by atoms with Gasteiger partial charge in [0, 0.05) is 12.2 Å². The minimum absolute atomic E-state index is 0.0243. The van der Waals surface area contributed by atoms with Crippen molar-refractivity contribution in [1.29, 1.82) is 0 Å². The minimum Gasteiger partial charge on any atom is -0.478 e. The van der Waals surface area contributed by atoms with E-state index in [4.69, 9.17) is 5.11 Å². The number of ether oxygens (including phenoxy) is 1. The second-order valence-electron chi connectivity index (χ2n) is 7.98. The molecule has 0 saturated heterocycles. The van der Waals surface area contributed by atoms with Crippen LogP contribution < -0.4 is 0 Å². The van der Waals surface area contributed by atoms with Gasteiger partial charge in [-0.3, -0.25) is 0 Å². The molecule has 0 spiro atoms. The van der Waals surface area contributed by atoms with Crippen molar-refractivity contribution < 1.29 is 94.1 Å². The van der Waals surface area contributed by atoms with Gasteiger partial charge < -0.3 is 9.84 Å². The number of rotatable bonds is 11. The molecular formula is C17H13F17O4. The van der Waals surface area contributed by atoms with E-state index in [2.05, 4.69) is 4.74 Å². The van der Waals surface area contributed by atoms with Crippen LogP contribution in [-0.4, -0.2) is 70.3 Å². The molecule has 38 heavy (non-hydrogen) atoms. The zero-order chi connectivity index (χ0) is 31.4. The summed E-state index contributed by atoms with van der Waals surface area (Å²) in [7, 11) is 0. The van der Waals surface area contributed by atoms with Crippen LogP contribution in [0.3, 0.4) is 0 Å². The van der Waals surface area contributed by atoms with Crippen LogP contribution in [0.15, 0.2) is 12.2 Å². The number of alkyl halides is 17. The maximum absolute atomic E-state index is 14.4. The van der Waals surface area contributed by atoms with E-state index in [9.17, 15) is 84.2 Å². The van der Waals surface area contributed by atoms with Crippen molar-refractivity contribution >= 4 is 11.9 Å². The van der Waals surface area contributed by atoms with Gasteiger partial charge in [0.15, 0.2) is 0 Å². The molecule has 1 unspecified atom stereocenters. The van der Waals surface area contributed by atoms with E-state index in [1.807, 2.05) is 0 Å². The first kappa shape index (κ1) is 35.5. The number of esters is 1. The fourth-order valence-electron chi connectivity index (χ4n) is 2.41. The number of hydrogen-bond donors (Lipinski definition) is 1. The Labute approximate surface area is 199 Å². The Balaban J connectivity index is 6.74. The molecule has 0 bridgehead atoms. The van der Waals surface area contributed by atoms with Gasteiger partial charge in [0.2, 0.25) is 0 Å². The summed E-state index contributed by atoms with van der Waals surface area (Å²) in [6.07, 6.45) is -7.93. The lowest BCUT2D eigenvalue weighted by Crippen LogP contribution is -2.75. The van der Waals surface area contributed by atoms with Gasteiger partial charge in [0.1, 0.15) is 5.60 Å². The molecule has 0 aliphatic heterocycles. The number of carboxylic acids is 1. The van der Waals surface area contributed by atoms with Crippen molar-refractivity contribution in [1.82, 2.24) is 0 Å². The maximum atomic E-state index is 14.4. The molecule has 0 radical (unpaired) electrons. The van der Waals surface area contributed by atoms with Crippen molar-refractivity contribution in [2.24, 2.45) is 5.92 Å². The van der Waals surface area contributed by atoms with Crippen molar-refractivity contribution in [3.8, 4) is 0 Å². The van der Waals surface area contributed by atoms with Crippen molar-refractivity contribution in [2.75, 3.05) is 0 Å². The first-order valence-electron chi connectivity index (χ1n) is 9.07. The smallest absolute Gasteiger partial charge is 0.460 e. The lowest BCUT2D eigenvalue weighted by Gasteiger charge is -2.45. The molecule has 0 heterocycles. The van der Waals surface area contributed by atoms with Crippen molar-refractivity contribution in [3.05, 3.63) is 12.2 Å². The number of aliphatic carboxylic acids is 1. The molecule has 0 amide bonds. The Kier molecular flexibility index (Phi) is 8.96. The number of hydrogen-bond acceptors (Lipinski definition) is 3. The Morgan fingerprint density at radius 3 is 1.24 bits per heavy atom. The highest BCUT2D eigenvalue weighted by Gasteiger charge is 2.95. The van der Waals surface area contributed by atoms with Crippen LogP contribution in [0.1, 0.15) is 20.8 Å². The topological polar surface area (TPSA) is 63.6 Å². The molecule has 0 aromatic heterocycles. The molecule has 224 valence electrons. The van der Waals surface area contributed by atoms with Gasteiger partial charge in [-0.2, -0.15) is 74.6 Å². The predicted molar refractivity (Wildman–Crippen MR) is 86.8 cm³/mol. The highest BCUT2D eigenvalue weighted by atomic mass is 19.4. The van der Waals surface area contributed by atoms with Crippen LogP contribution >= 0.6 is 0 Å². The fourth-order valence-corrected chi connectivity index (χ4v) is 2.41. The molecule has 1 N–H and O–H groups in total. The maximum Gasteiger partial charge on any atom is 0.460 e. The summed E-state index contributed by atoms with van der Waals surface area (Å²) in [4.78, 5) is 21.7. The number of carbonyl (C=O) groups excluding carboxylic acids is 1. The molecule has 0 fully saturated rings. The standard InChI is InChI=1S/C17H13F17O4/c1-6(9(2,3)38-8(37)5-4-7(35)36)10(18,19)11(20,21)12(22,23)13(24,25)14(26,27)15(28,29)16(30,31)17(32,33)34/h4-6H,1-3H3,(H,35,36). The first-order valence-corrected chi connectivity index (χ1v) is 9.07. The van der Waals surface area contributed by atoms with E-state index < -0.39 is 71.1 Å². The largest absolute Gasteiger partial charge is 0.478 e. The van der Waals surface area contributed by atoms with Gasteiger partial charge in [-0.15, -0.1) is 0 Å². The third kappa shape index (κ3) is 5.20. The minimum atomic E-state index is -8.76. The number of carboxylic acid groups (broad SMARTS) is 1. The zero-order valence-corrected chi connectivity index (χ0v) is 18.3. The lowest BCUT2D eigenvalue weighted by atomic mass is 9.79. The third-order valence-electron chi connectivity index (χ3n) is 5.06. The Bertz CT molecular complexity index is 933. The summed E-state index contributed by atoms with van der Waals surface area (Å²) in [6, 6.07) is 0. The summed E-state index contributed by atoms with van der Waals surface area (Å²) in [5.41, 5.74) is -3.21. The molecule has 4 nitrogen and oxygen atoms in total. The van der Waals surface area contributed by atoms with Crippen molar-refractivity contribution in [3.63, 3.8) is 0 Å². The van der Waals surface area contributed by atoms with E-state index in [0.717, 1.165) is 0 Å². The summed E-state index contributed by atoms with van der Waals surface area (Å²) in [5.74, 6) is -65.1. The van der Waals surface area contributed by atoms with Crippen LogP contribution in [0, 0.1) is 5.92 Å². The van der Waals surface area contributed by atoms with E-state index in [0.29, 0.717) is 0 Å². The van der Waals surface area contributed by atoms with E-state index in [-0.39, 0.29) is 32.9 Å². The second-order valence-corrected chi connectivity index (χ2v) is 7.98. The number of halogens is 17. The van der Waals surface area contributed by atoms with Gasteiger partial charge in [0.05, 0.1) is 5.92 Å². The highest BCUT2D eigenvalue weighted by Crippen LogP contribution is 2.65. The molecule has 0 aliphatic carbocycles. The van der Waals surface area contributed by atoms with E-state index in [1.54, 1.807) is 0 Å². The van der Waals surface area contributed by atoms with Gasteiger partial charge in [-0.25, -0.2) is 9.59 Å². The quantitative estimate of drug-likeness (QED) is 0.164. The Hall–Kier alpha value is -2.51. The van der Waals surface area contributed by atoms with Gasteiger partial charge in [-0.1, -0.05) is 6.92 Å². The van der Waals surface area contributed by atoms with Gasteiger partial charge >= 0.3 is 59.6 Å². The van der Waals surface area contributed by atoms with Crippen LogP contribution in [-0.2, 0) is 14.3 Å². The predicted octanol–water partition coefficient (Wildman–Crippen LogP) is 6.59. The van der Waals surface area contributed by atoms with Crippen LogP contribution in [0.5, 0.6) is 0 Å². The summed E-state index contributed by atoms with van der Waals surface area (Å²) in [5, 5.41) is 8.30. The van der Waals surface area contributed by atoms with E-state index in [1.165, 1.54) is 0 Å². The van der Waals surface area contributed by atoms with Gasteiger partial charge in [-0.05, 0) is 13.8 Å². The molecular weight excluding hydrogens is 591 g/mol. The second kappa shape index (κ2) is 9.60. The van der Waals surface area contributed by atoms with Crippen molar-refractivity contribution in [2.45, 2.75) is 74.0 Å². The zero-order valence-electron chi connectivity index (χ0n) is 18.3. The van der Waals surface area contributed by atoms with Crippen LogP contribution in [0.2, 0.25) is 0 Å². The summed E-state index contributed by atoms with van der Waals surface area (Å²) >= 11 is 0. The van der Waals surface area contributed by atoms with Crippen LogP contribution in [0.4, 0.5) is 74.6 Å². The third-order valence-corrected chi connectivity index (χ3v) is 5.06.